The zero-order chi connectivity index (χ0) is 48.2. The molecular formula is C57H46N4O9Zn. The first-order chi connectivity index (χ1) is 34.3. The van der Waals surface area contributed by atoms with Crippen LogP contribution in [0.1, 0.15) is 54.9 Å². The Bertz CT molecular complexity index is 3260. The molecule has 0 atom stereocenters. The quantitative estimate of drug-likeness (QED) is 0.0282. The van der Waals surface area contributed by atoms with Crippen molar-refractivity contribution >= 4 is 70.2 Å². The third-order valence-electron chi connectivity index (χ3n) is 11.4. The molecule has 71 heavy (non-hydrogen) atoms. The van der Waals surface area contributed by atoms with Crippen LogP contribution in [0.15, 0.2) is 140 Å². The van der Waals surface area contributed by atoms with Crippen molar-refractivity contribution in [3.63, 3.8) is 0 Å². The molecule has 9 rings (SSSR count). The predicted octanol–water partition coefficient (Wildman–Crippen LogP) is 10.6. The van der Waals surface area contributed by atoms with Crippen LogP contribution in [0.2, 0.25) is 0 Å². The van der Waals surface area contributed by atoms with E-state index >= 15 is 0 Å². The molecule has 0 saturated heterocycles. The zero-order valence-electron chi connectivity index (χ0n) is 38.7. The van der Waals surface area contributed by atoms with Crippen LogP contribution in [-0.2, 0) is 52.9 Å². The molecule has 0 unspecified atom stereocenters. The summed E-state index contributed by atoms with van der Waals surface area (Å²) in [5.74, 6) is -2.58. The van der Waals surface area contributed by atoms with E-state index in [0.717, 1.165) is 78.1 Å². The minimum atomic E-state index is -1.01. The van der Waals surface area contributed by atoms with Gasteiger partial charge in [-0.1, -0.05) is 127 Å². The van der Waals surface area contributed by atoms with Crippen LogP contribution in [0, 0.1) is 0 Å². The molecule has 0 amide bonds. The fourth-order valence-corrected chi connectivity index (χ4v) is 8.25. The Labute approximate surface area is 422 Å². The number of carbonyl (C=O) groups is 4. The van der Waals surface area contributed by atoms with Gasteiger partial charge in [-0.2, -0.15) is 0 Å². The second-order valence-corrected chi connectivity index (χ2v) is 16.3. The van der Waals surface area contributed by atoms with Crippen molar-refractivity contribution in [3.8, 4) is 50.3 Å². The maximum Gasteiger partial charge on any atom is 2.00 e. The fraction of sp³-hybridized carbons (Fsp3) is 0.158. The average molecular weight is 996 g/mol. The average Bonchev–Trinajstić information content (AvgIpc) is 4.23. The monoisotopic (exact) mass is 994 g/mol. The minimum Gasteiger partial charge on any atom is -0.657 e. The van der Waals surface area contributed by atoms with Gasteiger partial charge in [-0.15, -0.1) is 22.1 Å². The Hall–Kier alpha value is -8.22. The summed E-state index contributed by atoms with van der Waals surface area (Å²) in [5, 5.41) is 8.67. The predicted molar refractivity (Wildman–Crippen MR) is 268 cm³/mol. The van der Waals surface area contributed by atoms with E-state index in [4.69, 9.17) is 44.0 Å². The summed E-state index contributed by atoms with van der Waals surface area (Å²) in [5.41, 5.74) is 13.2. The molecule has 3 aromatic heterocycles. The normalized spacial score (nSPS) is 11.4. The number of rotatable bonds is 18. The van der Waals surface area contributed by atoms with Crippen LogP contribution in [0.5, 0.6) is 5.75 Å². The first-order valence-electron chi connectivity index (χ1n) is 22.9. The van der Waals surface area contributed by atoms with Gasteiger partial charge in [0.2, 0.25) is 0 Å². The number of ether oxygens (including phenoxy) is 4. The zero-order valence-corrected chi connectivity index (χ0v) is 41.6. The van der Waals surface area contributed by atoms with Crippen LogP contribution < -0.4 is 14.7 Å². The second-order valence-electron chi connectivity index (χ2n) is 16.3. The van der Waals surface area contributed by atoms with E-state index in [-0.39, 0.29) is 71.6 Å². The van der Waals surface area contributed by atoms with E-state index in [9.17, 15) is 19.2 Å². The molecule has 2 aliphatic rings. The molecule has 4 aromatic carbocycles. The van der Waals surface area contributed by atoms with E-state index in [2.05, 4.69) is 48.5 Å². The fourth-order valence-electron chi connectivity index (χ4n) is 8.25. The summed E-state index contributed by atoms with van der Waals surface area (Å²) >= 11 is 0. The molecule has 0 radical (unpaired) electrons. The van der Waals surface area contributed by atoms with Crippen LogP contribution >= 0.6 is 0 Å². The van der Waals surface area contributed by atoms with E-state index in [1.54, 1.807) is 0 Å². The number of hydrogen-bond acceptors (Lipinski definition) is 10. The maximum atomic E-state index is 12.5. The molecule has 8 bridgehead atoms. The van der Waals surface area contributed by atoms with Gasteiger partial charge in [-0.3, -0.25) is 19.2 Å². The van der Waals surface area contributed by atoms with Gasteiger partial charge in [-0.05, 0) is 93.8 Å². The maximum absolute atomic E-state index is 12.5. The number of aromatic nitrogens is 4. The number of carbonyl (C=O) groups excluding carboxylic acids is 3. The Balaban J connectivity index is 0.00000676. The van der Waals surface area contributed by atoms with Crippen LogP contribution in [0.25, 0.3) is 90.9 Å². The van der Waals surface area contributed by atoms with Gasteiger partial charge >= 0.3 is 43.4 Å². The molecule has 0 saturated carbocycles. The van der Waals surface area contributed by atoms with E-state index in [1.165, 1.54) is 0 Å². The third-order valence-corrected chi connectivity index (χ3v) is 11.4. The van der Waals surface area contributed by atoms with Crippen molar-refractivity contribution < 1.29 is 62.7 Å². The molecule has 0 fully saturated rings. The first kappa shape index (κ1) is 49.2. The minimum absolute atomic E-state index is 0. The number of esters is 3. The van der Waals surface area contributed by atoms with E-state index in [1.807, 2.05) is 115 Å². The van der Waals surface area contributed by atoms with Crippen molar-refractivity contribution in [2.75, 3.05) is 26.4 Å². The van der Waals surface area contributed by atoms with Crippen LogP contribution in [0.4, 0.5) is 0 Å². The van der Waals surface area contributed by atoms with Gasteiger partial charge in [0, 0.05) is 12.8 Å². The van der Waals surface area contributed by atoms with Gasteiger partial charge in [0.25, 0.3) is 0 Å². The summed E-state index contributed by atoms with van der Waals surface area (Å²) in [6.07, 6.45) is 7.68. The Morgan fingerprint density at radius 3 is 1.27 bits per heavy atom. The van der Waals surface area contributed by atoms with Gasteiger partial charge in [0.05, 0.1) is 36.0 Å². The largest absolute Gasteiger partial charge is 2.00 e. The molecule has 0 spiro atoms. The van der Waals surface area contributed by atoms with Gasteiger partial charge in [0.15, 0.2) is 0 Å². The third kappa shape index (κ3) is 12.2. The molecule has 0 aliphatic carbocycles. The number of carboxylic acid groups (broad SMARTS) is 1. The molecule has 14 heteroatoms. The van der Waals surface area contributed by atoms with Crippen molar-refractivity contribution in [2.24, 2.45) is 0 Å². The number of carboxylic acids is 1. The van der Waals surface area contributed by atoms with Crippen molar-refractivity contribution in [1.82, 2.24) is 19.9 Å². The molecule has 350 valence electrons. The molecule has 13 nitrogen and oxygen atoms in total. The Kier molecular flexibility index (Phi) is 16.2. The van der Waals surface area contributed by atoms with E-state index < -0.39 is 30.3 Å². The van der Waals surface area contributed by atoms with Crippen LogP contribution in [-0.4, -0.2) is 65.4 Å². The van der Waals surface area contributed by atoms with Gasteiger partial charge in [0.1, 0.15) is 25.4 Å². The SMILES string of the molecule is O=C(O)CCCOC(=O)CC(=O)OCCCC(=O)OCCOc1cccc(-c2c3nc(c(-c4ccccc4)c4ccc([n-]4)c(-c4ccccc4)c4nc(c(-c5ccccc5)c5ccc2[n-]5)C=C4)C=C3)c1.[Zn+2]. The molecule has 2 aliphatic heterocycles. The smallest absolute Gasteiger partial charge is 0.657 e. The van der Waals surface area contributed by atoms with E-state index in [0.29, 0.717) is 17.0 Å². The Morgan fingerprint density at radius 2 is 0.831 bits per heavy atom. The number of benzene rings is 4. The number of fused-ring (bicyclic) bond motifs is 8. The van der Waals surface area contributed by atoms with Gasteiger partial charge < -0.3 is 34.0 Å². The number of aliphatic carboxylic acids is 1. The van der Waals surface area contributed by atoms with Crippen LogP contribution in [0.3, 0.4) is 0 Å². The van der Waals surface area contributed by atoms with Crippen molar-refractivity contribution in [1.29, 1.82) is 0 Å². The van der Waals surface area contributed by atoms with Gasteiger partial charge in [-0.25, -0.2) is 9.97 Å². The summed E-state index contributed by atoms with van der Waals surface area (Å²) < 4.78 is 21.4. The molecular weight excluding hydrogens is 950 g/mol. The topological polar surface area (TPSA) is 179 Å². The molecule has 7 aromatic rings. The van der Waals surface area contributed by atoms with Crippen molar-refractivity contribution in [3.05, 3.63) is 162 Å². The standard InChI is InChI=1S/C57H47N4O9.Zn/c62-50(63)21-11-31-68-52(65)36-53(66)69-32-12-22-51(64)70-34-33-67-41-20-10-19-40(35-41)57-48-29-27-46(60-48)55(38-15-6-2-7-16-38)44-25-23-42(58-44)54(37-13-4-1-5-14-37)43-24-26-45(59-43)56(39-17-8-3-9-18-39)47-28-30-49(57)61-47;/h1-10,13-20,23-30,35H,11-12,21-22,31-34,36H2,(H2-,58,59,60,61,62,63);/q-1;+2/p-1. The summed E-state index contributed by atoms with van der Waals surface area (Å²) in [6, 6.07) is 46.2. The molecule has 1 N–H and O–H groups in total. The van der Waals surface area contributed by atoms with Crippen molar-refractivity contribution in [2.45, 2.75) is 32.1 Å². The molecule has 5 heterocycles. The summed E-state index contributed by atoms with van der Waals surface area (Å²) in [7, 11) is 0. The number of hydrogen-bond donors (Lipinski definition) is 1. The summed E-state index contributed by atoms with van der Waals surface area (Å²) in [4.78, 5) is 68.1. The second kappa shape index (κ2) is 23.4. The summed E-state index contributed by atoms with van der Waals surface area (Å²) in [6.45, 7) is -0.151. The Morgan fingerprint density at radius 1 is 0.437 bits per heavy atom. The number of nitrogens with zero attached hydrogens (tertiary/aromatic N) is 4. The first-order valence-corrected chi connectivity index (χ1v) is 22.9.